The molecule has 8 heteroatoms. The number of benzene rings is 1. The van der Waals surface area contributed by atoms with E-state index in [0.717, 1.165) is 6.42 Å². The predicted octanol–water partition coefficient (Wildman–Crippen LogP) is 2.51. The maximum atomic E-state index is 12.3. The second-order valence-electron chi connectivity index (χ2n) is 4.45. The first kappa shape index (κ1) is 13.8. The summed E-state index contributed by atoms with van der Waals surface area (Å²) in [6.45, 7) is -0.137. The van der Waals surface area contributed by atoms with Crippen molar-refractivity contribution < 1.29 is 12.8 Å². The summed E-state index contributed by atoms with van der Waals surface area (Å²) in [5, 5.41) is 3.36. The van der Waals surface area contributed by atoms with Crippen LogP contribution in [0.15, 0.2) is 34.3 Å². The highest BCUT2D eigenvalue weighted by Crippen LogP contribution is 2.38. The zero-order valence-electron chi connectivity index (χ0n) is 10.0. The SMILES string of the molecule is [N-]=[N+]=Nc1ccc(S(=O)(=O)NC[C@H]2C[C@H]2CF)cc1. The summed E-state index contributed by atoms with van der Waals surface area (Å²) in [4.78, 5) is 2.71. The normalized spacial score (nSPS) is 21.7. The van der Waals surface area contributed by atoms with E-state index in [2.05, 4.69) is 14.7 Å². The lowest BCUT2D eigenvalue weighted by Crippen LogP contribution is -2.26. The Morgan fingerprint density at radius 2 is 2.05 bits per heavy atom. The Morgan fingerprint density at radius 1 is 1.37 bits per heavy atom. The molecule has 0 radical (unpaired) electrons. The molecular formula is C11H13FN4O2S. The number of alkyl halides is 1. The molecule has 19 heavy (non-hydrogen) atoms. The molecule has 6 nitrogen and oxygen atoms in total. The minimum absolute atomic E-state index is 0.00459. The maximum absolute atomic E-state index is 12.3. The highest BCUT2D eigenvalue weighted by molar-refractivity contribution is 7.89. The van der Waals surface area contributed by atoms with Crippen LogP contribution in [0.5, 0.6) is 0 Å². The van der Waals surface area contributed by atoms with Gasteiger partial charge in [-0.3, -0.25) is 4.39 Å². The molecule has 1 fully saturated rings. The zero-order valence-corrected chi connectivity index (χ0v) is 10.8. The number of azide groups is 1. The molecule has 1 N–H and O–H groups in total. The topological polar surface area (TPSA) is 94.9 Å². The molecular weight excluding hydrogens is 271 g/mol. The van der Waals surface area contributed by atoms with Gasteiger partial charge in [0, 0.05) is 17.1 Å². The van der Waals surface area contributed by atoms with Crippen molar-refractivity contribution >= 4 is 15.7 Å². The third-order valence-corrected chi connectivity index (χ3v) is 4.55. The van der Waals surface area contributed by atoms with Gasteiger partial charge in [0.05, 0.1) is 11.6 Å². The Balaban J connectivity index is 2.00. The number of rotatable bonds is 6. The highest BCUT2D eigenvalue weighted by Gasteiger charge is 2.37. The van der Waals surface area contributed by atoms with Gasteiger partial charge in [0.1, 0.15) is 0 Å². The Kier molecular flexibility index (Phi) is 4.04. The number of sulfonamides is 1. The lowest BCUT2D eigenvalue weighted by atomic mass is 10.3. The van der Waals surface area contributed by atoms with E-state index in [-0.39, 0.29) is 23.3 Å². The van der Waals surface area contributed by atoms with Gasteiger partial charge in [-0.2, -0.15) is 0 Å². The van der Waals surface area contributed by atoms with Crippen molar-refractivity contribution in [2.45, 2.75) is 11.3 Å². The average Bonchev–Trinajstić information content (AvgIpc) is 3.16. The number of nitrogens with zero attached hydrogens (tertiary/aromatic N) is 3. The molecule has 2 rings (SSSR count). The van der Waals surface area contributed by atoms with E-state index in [1.165, 1.54) is 24.3 Å². The van der Waals surface area contributed by atoms with E-state index < -0.39 is 16.7 Å². The van der Waals surface area contributed by atoms with Gasteiger partial charge in [0.15, 0.2) is 0 Å². The van der Waals surface area contributed by atoms with Crippen LogP contribution in [0.1, 0.15) is 6.42 Å². The van der Waals surface area contributed by atoms with Gasteiger partial charge in [-0.15, -0.1) is 0 Å². The van der Waals surface area contributed by atoms with Crippen molar-refractivity contribution in [1.82, 2.24) is 4.72 Å². The third-order valence-electron chi connectivity index (χ3n) is 3.11. The van der Waals surface area contributed by atoms with Crippen molar-refractivity contribution in [1.29, 1.82) is 0 Å². The monoisotopic (exact) mass is 284 g/mol. The molecule has 0 aliphatic heterocycles. The van der Waals surface area contributed by atoms with Gasteiger partial charge in [-0.25, -0.2) is 13.1 Å². The van der Waals surface area contributed by atoms with Gasteiger partial charge < -0.3 is 0 Å². The minimum Gasteiger partial charge on any atom is -0.251 e. The van der Waals surface area contributed by atoms with Crippen LogP contribution in [-0.4, -0.2) is 21.6 Å². The molecule has 1 saturated carbocycles. The van der Waals surface area contributed by atoms with Gasteiger partial charge in [0.2, 0.25) is 10.0 Å². The molecule has 0 saturated heterocycles. The Morgan fingerprint density at radius 3 is 2.58 bits per heavy atom. The fourth-order valence-corrected chi connectivity index (χ4v) is 2.89. The van der Waals surface area contributed by atoms with Crippen molar-refractivity contribution in [3.63, 3.8) is 0 Å². The van der Waals surface area contributed by atoms with Crippen molar-refractivity contribution in [3.05, 3.63) is 34.7 Å². The van der Waals surface area contributed by atoms with E-state index in [1.807, 2.05) is 0 Å². The summed E-state index contributed by atoms with van der Waals surface area (Å²) in [6.07, 6.45) is 0.731. The van der Waals surface area contributed by atoms with Crippen LogP contribution in [0.25, 0.3) is 10.4 Å². The molecule has 0 spiro atoms. The molecule has 2 atom stereocenters. The Hall–Kier alpha value is -1.63. The molecule has 0 heterocycles. The Bertz CT molecular complexity index is 596. The average molecular weight is 284 g/mol. The highest BCUT2D eigenvalue weighted by atomic mass is 32.2. The van der Waals surface area contributed by atoms with Crippen LogP contribution in [0.4, 0.5) is 10.1 Å². The van der Waals surface area contributed by atoms with Crippen LogP contribution in [-0.2, 0) is 10.0 Å². The van der Waals surface area contributed by atoms with Crippen LogP contribution < -0.4 is 4.72 Å². The molecule has 1 aliphatic rings. The lowest BCUT2D eigenvalue weighted by Gasteiger charge is -2.06. The molecule has 1 aromatic rings. The molecule has 0 amide bonds. The largest absolute Gasteiger partial charge is 0.251 e. The van der Waals surface area contributed by atoms with Gasteiger partial charge in [0.25, 0.3) is 0 Å². The van der Waals surface area contributed by atoms with Crippen LogP contribution in [0.3, 0.4) is 0 Å². The first-order valence-electron chi connectivity index (χ1n) is 5.77. The van der Waals surface area contributed by atoms with E-state index in [4.69, 9.17) is 5.53 Å². The number of hydrogen-bond acceptors (Lipinski definition) is 3. The lowest BCUT2D eigenvalue weighted by molar-refractivity contribution is 0.438. The summed E-state index contributed by atoms with van der Waals surface area (Å²) in [6, 6.07) is 5.59. The van der Waals surface area contributed by atoms with E-state index in [9.17, 15) is 12.8 Å². The first-order chi connectivity index (χ1) is 9.06. The van der Waals surface area contributed by atoms with Gasteiger partial charge in [-0.1, -0.05) is 17.2 Å². The van der Waals surface area contributed by atoms with E-state index >= 15 is 0 Å². The molecule has 1 aromatic carbocycles. The summed E-state index contributed by atoms with van der Waals surface area (Å²) in [5.41, 5.74) is 8.59. The third kappa shape index (κ3) is 3.44. The summed E-state index contributed by atoms with van der Waals surface area (Å²) >= 11 is 0. The van der Waals surface area contributed by atoms with Crippen LogP contribution >= 0.6 is 0 Å². The number of hydrogen-bond donors (Lipinski definition) is 1. The molecule has 0 unspecified atom stereocenters. The summed E-state index contributed by atoms with van der Waals surface area (Å²) < 4.78 is 38.6. The predicted molar refractivity (Wildman–Crippen MR) is 68.0 cm³/mol. The van der Waals surface area contributed by atoms with Crippen molar-refractivity contribution in [2.75, 3.05) is 13.2 Å². The summed E-state index contributed by atoms with van der Waals surface area (Å²) in [5.74, 6) is 0.0947. The smallest absolute Gasteiger partial charge is 0.240 e. The van der Waals surface area contributed by atoms with Gasteiger partial charge in [-0.05, 0) is 35.9 Å². The van der Waals surface area contributed by atoms with E-state index in [1.54, 1.807) is 0 Å². The molecule has 0 bridgehead atoms. The standard InChI is InChI=1S/C11H13FN4O2S/c12-6-8-5-9(8)7-14-19(17,18)11-3-1-10(2-4-11)15-16-13/h1-4,8-9,14H,5-7H2/t8-,9+/m0/s1. The minimum atomic E-state index is -3.59. The second-order valence-corrected chi connectivity index (χ2v) is 6.21. The number of halogens is 1. The molecule has 102 valence electrons. The Labute approximate surface area is 110 Å². The van der Waals surface area contributed by atoms with Gasteiger partial charge >= 0.3 is 0 Å². The fourth-order valence-electron chi connectivity index (χ4n) is 1.79. The molecule has 0 aromatic heterocycles. The molecule has 1 aliphatic carbocycles. The summed E-state index contributed by atoms with van der Waals surface area (Å²) in [7, 11) is -3.59. The van der Waals surface area contributed by atoms with Crippen molar-refractivity contribution in [2.24, 2.45) is 17.0 Å². The number of nitrogens with one attached hydrogen (secondary N) is 1. The maximum Gasteiger partial charge on any atom is 0.240 e. The van der Waals surface area contributed by atoms with Crippen LogP contribution in [0.2, 0.25) is 0 Å². The van der Waals surface area contributed by atoms with Crippen molar-refractivity contribution in [3.8, 4) is 0 Å². The fraction of sp³-hybridized carbons (Fsp3) is 0.455. The zero-order chi connectivity index (χ0) is 13.9. The quantitative estimate of drug-likeness (QED) is 0.493. The first-order valence-corrected chi connectivity index (χ1v) is 7.26. The van der Waals surface area contributed by atoms with Crippen LogP contribution in [0, 0.1) is 11.8 Å². The van der Waals surface area contributed by atoms with E-state index in [0.29, 0.717) is 5.69 Å². The second kappa shape index (κ2) is 5.56.